The molecule has 2 aromatic rings. The molecule has 4 nitrogen and oxygen atoms in total. The average molecular weight is 321 g/mol. The van der Waals surface area contributed by atoms with Crippen LogP contribution in [0.1, 0.15) is 23.1 Å². The highest BCUT2D eigenvalue weighted by molar-refractivity contribution is 6.07. The number of carbonyl (C=O) groups excluding carboxylic acids is 1. The van der Waals surface area contributed by atoms with Crippen LogP contribution in [0.3, 0.4) is 0 Å². The minimum absolute atomic E-state index is 0.332. The third-order valence-electron chi connectivity index (χ3n) is 3.83. The molecule has 1 aliphatic heterocycles. The number of cyclic esters (lactones) is 1. The quantitative estimate of drug-likeness (QED) is 0.619. The molecule has 2 aromatic carbocycles. The molecule has 0 bridgehead atoms. The maximum atomic E-state index is 11.9. The topological polar surface area (TPSA) is 47.9 Å². The van der Waals surface area contributed by atoms with Crippen molar-refractivity contribution in [1.82, 2.24) is 0 Å². The molecule has 1 heterocycles. The summed E-state index contributed by atoms with van der Waals surface area (Å²) in [5.41, 5.74) is 3.64. The molecule has 122 valence electrons. The van der Waals surface area contributed by atoms with Crippen LogP contribution in [0.15, 0.2) is 59.2 Å². The summed E-state index contributed by atoms with van der Waals surface area (Å²) in [6, 6.07) is 15.8. The standard InChI is InChI=1S/C20H19NO3/c1-14-3-5-15(6-4-14)9-12-19-21-18(20(22)24-19)13-16-7-10-17(23-2)11-8-16/h3-8,10-11,13H,9,12H2,1-2H3/b18-13+. The normalized spacial score (nSPS) is 15.3. The molecule has 0 N–H and O–H groups in total. The van der Waals surface area contributed by atoms with E-state index in [9.17, 15) is 4.79 Å². The zero-order valence-electron chi connectivity index (χ0n) is 13.8. The van der Waals surface area contributed by atoms with Crippen LogP contribution in [0.4, 0.5) is 0 Å². The third kappa shape index (κ3) is 3.90. The molecule has 0 atom stereocenters. The first-order valence-electron chi connectivity index (χ1n) is 7.85. The Hall–Kier alpha value is -2.88. The molecule has 0 aliphatic carbocycles. The lowest BCUT2D eigenvalue weighted by molar-refractivity contribution is -0.130. The second-order valence-electron chi connectivity index (χ2n) is 5.68. The van der Waals surface area contributed by atoms with E-state index in [4.69, 9.17) is 9.47 Å². The summed E-state index contributed by atoms with van der Waals surface area (Å²) in [6.07, 6.45) is 3.12. The summed E-state index contributed by atoms with van der Waals surface area (Å²) in [4.78, 5) is 16.3. The van der Waals surface area contributed by atoms with Crippen LogP contribution in [0.2, 0.25) is 0 Å². The molecule has 0 aromatic heterocycles. The fraction of sp³-hybridized carbons (Fsp3) is 0.200. The number of ether oxygens (including phenoxy) is 2. The lowest BCUT2D eigenvalue weighted by Crippen LogP contribution is -2.05. The molecule has 3 rings (SSSR count). The minimum Gasteiger partial charge on any atom is -0.497 e. The Bertz CT molecular complexity index is 787. The van der Waals surface area contributed by atoms with Crippen molar-refractivity contribution >= 4 is 17.9 Å². The monoisotopic (exact) mass is 321 g/mol. The second-order valence-corrected chi connectivity index (χ2v) is 5.68. The van der Waals surface area contributed by atoms with Crippen LogP contribution in [-0.2, 0) is 16.0 Å². The van der Waals surface area contributed by atoms with Crippen LogP contribution in [-0.4, -0.2) is 19.0 Å². The maximum absolute atomic E-state index is 11.9. The highest BCUT2D eigenvalue weighted by atomic mass is 16.6. The van der Waals surface area contributed by atoms with Gasteiger partial charge in [0.25, 0.3) is 0 Å². The summed E-state index contributed by atoms with van der Waals surface area (Å²) < 4.78 is 10.4. The number of hydrogen-bond acceptors (Lipinski definition) is 4. The van der Waals surface area contributed by atoms with Crippen LogP contribution in [0, 0.1) is 6.92 Å². The van der Waals surface area contributed by atoms with Gasteiger partial charge in [-0.25, -0.2) is 9.79 Å². The van der Waals surface area contributed by atoms with Crippen molar-refractivity contribution in [3.05, 3.63) is 70.9 Å². The minimum atomic E-state index is -0.398. The van der Waals surface area contributed by atoms with Gasteiger partial charge in [-0.05, 0) is 42.7 Å². The number of carbonyl (C=O) groups is 1. The van der Waals surface area contributed by atoms with Gasteiger partial charge in [0, 0.05) is 6.42 Å². The van der Waals surface area contributed by atoms with E-state index in [1.165, 1.54) is 11.1 Å². The van der Waals surface area contributed by atoms with Gasteiger partial charge in [-0.2, -0.15) is 0 Å². The number of hydrogen-bond donors (Lipinski definition) is 0. The molecular formula is C20H19NO3. The largest absolute Gasteiger partial charge is 0.497 e. The molecule has 0 amide bonds. The summed E-state index contributed by atoms with van der Waals surface area (Å²) >= 11 is 0. The number of rotatable bonds is 5. The highest BCUT2D eigenvalue weighted by Gasteiger charge is 2.22. The first-order valence-corrected chi connectivity index (χ1v) is 7.85. The van der Waals surface area contributed by atoms with E-state index in [-0.39, 0.29) is 0 Å². The highest BCUT2D eigenvalue weighted by Crippen LogP contribution is 2.19. The van der Waals surface area contributed by atoms with Crippen molar-refractivity contribution in [3.63, 3.8) is 0 Å². The number of benzene rings is 2. The van der Waals surface area contributed by atoms with Gasteiger partial charge in [-0.15, -0.1) is 0 Å². The van der Waals surface area contributed by atoms with Gasteiger partial charge in [0.15, 0.2) is 11.6 Å². The SMILES string of the molecule is COc1ccc(/C=C2/N=C(CCc3ccc(C)cc3)OC2=O)cc1. The lowest BCUT2D eigenvalue weighted by atomic mass is 10.1. The first-order chi connectivity index (χ1) is 11.6. The average Bonchev–Trinajstić information content (AvgIpc) is 2.95. The molecule has 4 heteroatoms. The van der Waals surface area contributed by atoms with Crippen molar-refractivity contribution in [1.29, 1.82) is 0 Å². The summed E-state index contributed by atoms with van der Waals surface area (Å²) in [5.74, 6) is 0.846. The Morgan fingerprint density at radius 2 is 1.75 bits per heavy atom. The summed E-state index contributed by atoms with van der Waals surface area (Å²) in [7, 11) is 1.62. The fourth-order valence-electron chi connectivity index (χ4n) is 2.42. The van der Waals surface area contributed by atoms with E-state index in [1.807, 2.05) is 24.3 Å². The number of aliphatic imine (C=N–C) groups is 1. The van der Waals surface area contributed by atoms with E-state index in [1.54, 1.807) is 13.2 Å². The zero-order chi connectivity index (χ0) is 16.9. The maximum Gasteiger partial charge on any atom is 0.363 e. The van der Waals surface area contributed by atoms with Crippen molar-refractivity contribution in [2.24, 2.45) is 4.99 Å². The van der Waals surface area contributed by atoms with Gasteiger partial charge >= 0.3 is 5.97 Å². The molecule has 0 saturated carbocycles. The van der Waals surface area contributed by atoms with Crippen molar-refractivity contribution < 1.29 is 14.3 Å². The van der Waals surface area contributed by atoms with Gasteiger partial charge in [-0.3, -0.25) is 0 Å². The van der Waals surface area contributed by atoms with Crippen molar-refractivity contribution in [3.8, 4) is 5.75 Å². The Labute approximate surface area is 141 Å². The van der Waals surface area contributed by atoms with E-state index >= 15 is 0 Å². The van der Waals surface area contributed by atoms with E-state index in [2.05, 4.69) is 36.2 Å². The number of esters is 1. The van der Waals surface area contributed by atoms with E-state index < -0.39 is 5.97 Å². The Kier molecular flexibility index (Phi) is 4.75. The molecule has 24 heavy (non-hydrogen) atoms. The van der Waals surface area contributed by atoms with Crippen LogP contribution in [0.5, 0.6) is 5.75 Å². The predicted octanol–water partition coefficient (Wildman–Crippen LogP) is 3.93. The van der Waals surface area contributed by atoms with E-state index in [0.717, 1.165) is 17.7 Å². The summed E-state index contributed by atoms with van der Waals surface area (Å²) in [6.45, 7) is 2.06. The van der Waals surface area contributed by atoms with Gasteiger partial charge < -0.3 is 9.47 Å². The molecule has 0 fully saturated rings. The van der Waals surface area contributed by atoms with Crippen molar-refractivity contribution in [2.45, 2.75) is 19.8 Å². The molecule has 0 radical (unpaired) electrons. The molecular weight excluding hydrogens is 302 g/mol. The van der Waals surface area contributed by atoms with Crippen LogP contribution >= 0.6 is 0 Å². The Morgan fingerprint density at radius 3 is 2.42 bits per heavy atom. The second kappa shape index (κ2) is 7.13. The molecule has 1 aliphatic rings. The Morgan fingerprint density at radius 1 is 1.04 bits per heavy atom. The van der Waals surface area contributed by atoms with Crippen LogP contribution in [0.25, 0.3) is 6.08 Å². The van der Waals surface area contributed by atoms with Gasteiger partial charge in [-0.1, -0.05) is 42.0 Å². The third-order valence-corrected chi connectivity index (χ3v) is 3.83. The molecule has 0 saturated heterocycles. The van der Waals surface area contributed by atoms with Crippen LogP contribution < -0.4 is 4.74 Å². The smallest absolute Gasteiger partial charge is 0.363 e. The number of aryl methyl sites for hydroxylation is 2. The first kappa shape index (κ1) is 16.0. The number of nitrogens with zero attached hydrogens (tertiary/aromatic N) is 1. The zero-order valence-corrected chi connectivity index (χ0v) is 13.8. The van der Waals surface area contributed by atoms with Gasteiger partial charge in [0.05, 0.1) is 7.11 Å². The van der Waals surface area contributed by atoms with Gasteiger partial charge in [0.1, 0.15) is 5.75 Å². The summed E-state index contributed by atoms with van der Waals surface area (Å²) in [5, 5.41) is 0. The molecule has 0 unspecified atom stereocenters. The number of methoxy groups -OCH3 is 1. The van der Waals surface area contributed by atoms with Crippen molar-refractivity contribution in [2.75, 3.05) is 7.11 Å². The molecule has 0 spiro atoms. The predicted molar refractivity (Wildman–Crippen MR) is 94.0 cm³/mol. The van der Waals surface area contributed by atoms with E-state index in [0.29, 0.717) is 18.0 Å². The fourth-order valence-corrected chi connectivity index (χ4v) is 2.42. The lowest BCUT2D eigenvalue weighted by Gasteiger charge is -2.01. The Balaban J connectivity index is 1.67. The van der Waals surface area contributed by atoms with Gasteiger partial charge in [0.2, 0.25) is 0 Å².